The molecule has 0 heterocycles. The van der Waals surface area contributed by atoms with Crippen molar-refractivity contribution in [1.82, 2.24) is 5.32 Å². The van der Waals surface area contributed by atoms with E-state index in [-0.39, 0.29) is 5.75 Å². The van der Waals surface area contributed by atoms with Crippen LogP contribution in [0.5, 0.6) is 5.75 Å². The molecule has 2 amide bonds. The van der Waals surface area contributed by atoms with Crippen LogP contribution in [0.4, 0.5) is 5.69 Å². The number of aromatic hydroxyl groups is 1. The lowest BCUT2D eigenvalue weighted by Crippen LogP contribution is -2.36. The lowest BCUT2D eigenvalue weighted by Gasteiger charge is -2.07. The molecule has 5 nitrogen and oxygen atoms in total. The maximum Gasteiger partial charge on any atom is 0.313 e. The van der Waals surface area contributed by atoms with Gasteiger partial charge in [-0.05, 0) is 36.6 Å². The van der Waals surface area contributed by atoms with Gasteiger partial charge in [0, 0.05) is 12.2 Å². The second-order valence-corrected chi connectivity index (χ2v) is 4.44. The van der Waals surface area contributed by atoms with E-state index in [9.17, 15) is 9.59 Å². The number of rotatable bonds is 4. The number of hydrogen-bond donors (Lipinski definition) is 3. The van der Waals surface area contributed by atoms with Crippen LogP contribution in [0.1, 0.15) is 20.3 Å². The SMILES string of the molecule is CC(C)CCNC(=O)C(=O)Nc1ccc(O)cc1. The van der Waals surface area contributed by atoms with Gasteiger partial charge >= 0.3 is 11.8 Å². The molecule has 5 heteroatoms. The average molecular weight is 250 g/mol. The first-order valence-electron chi connectivity index (χ1n) is 5.87. The topological polar surface area (TPSA) is 78.4 Å². The Morgan fingerprint density at radius 2 is 1.78 bits per heavy atom. The molecule has 0 spiro atoms. The minimum Gasteiger partial charge on any atom is -0.508 e. The Bertz CT molecular complexity index is 413. The number of phenolic OH excluding ortho intramolecular Hbond substituents is 1. The predicted molar refractivity (Wildman–Crippen MR) is 69.2 cm³/mol. The van der Waals surface area contributed by atoms with Crippen molar-refractivity contribution >= 4 is 17.5 Å². The Labute approximate surface area is 106 Å². The molecule has 0 atom stereocenters. The Hall–Kier alpha value is -2.04. The third kappa shape index (κ3) is 4.86. The molecule has 18 heavy (non-hydrogen) atoms. The van der Waals surface area contributed by atoms with Crippen molar-refractivity contribution in [2.24, 2.45) is 5.92 Å². The summed E-state index contributed by atoms with van der Waals surface area (Å²) in [6, 6.07) is 5.92. The van der Waals surface area contributed by atoms with Gasteiger partial charge in [-0.25, -0.2) is 0 Å². The first-order chi connectivity index (χ1) is 8.49. The number of carbonyl (C=O) groups excluding carboxylic acids is 2. The molecule has 1 aromatic carbocycles. The number of hydrogen-bond acceptors (Lipinski definition) is 3. The van der Waals surface area contributed by atoms with Gasteiger partial charge in [0.1, 0.15) is 5.75 Å². The van der Waals surface area contributed by atoms with E-state index in [1.165, 1.54) is 24.3 Å². The second-order valence-electron chi connectivity index (χ2n) is 4.44. The highest BCUT2D eigenvalue weighted by atomic mass is 16.3. The van der Waals surface area contributed by atoms with Gasteiger partial charge in [-0.2, -0.15) is 0 Å². The monoisotopic (exact) mass is 250 g/mol. The van der Waals surface area contributed by atoms with Gasteiger partial charge < -0.3 is 15.7 Å². The number of anilines is 1. The summed E-state index contributed by atoms with van der Waals surface area (Å²) in [4.78, 5) is 22.9. The van der Waals surface area contributed by atoms with Gasteiger partial charge in [0.05, 0.1) is 0 Å². The summed E-state index contributed by atoms with van der Waals surface area (Å²) in [6.45, 7) is 4.57. The van der Waals surface area contributed by atoms with Crippen molar-refractivity contribution in [3.05, 3.63) is 24.3 Å². The molecular formula is C13H18N2O3. The molecule has 0 aliphatic carbocycles. The van der Waals surface area contributed by atoms with Gasteiger partial charge in [-0.15, -0.1) is 0 Å². The van der Waals surface area contributed by atoms with Crippen LogP contribution in [-0.2, 0) is 9.59 Å². The van der Waals surface area contributed by atoms with Crippen LogP contribution in [0.25, 0.3) is 0 Å². The van der Waals surface area contributed by atoms with Crippen LogP contribution >= 0.6 is 0 Å². The number of amides is 2. The van der Waals surface area contributed by atoms with E-state index in [2.05, 4.69) is 10.6 Å². The first kappa shape index (κ1) is 14.0. The fourth-order valence-corrected chi connectivity index (χ4v) is 1.29. The van der Waals surface area contributed by atoms with Crippen molar-refractivity contribution < 1.29 is 14.7 Å². The molecule has 3 N–H and O–H groups in total. The molecule has 0 aliphatic heterocycles. The number of phenols is 1. The molecule has 1 aromatic rings. The van der Waals surface area contributed by atoms with Gasteiger partial charge in [-0.1, -0.05) is 13.8 Å². The zero-order chi connectivity index (χ0) is 13.5. The van der Waals surface area contributed by atoms with E-state index in [1.807, 2.05) is 13.8 Å². The van der Waals surface area contributed by atoms with Crippen LogP contribution in [0.3, 0.4) is 0 Å². The summed E-state index contributed by atoms with van der Waals surface area (Å²) < 4.78 is 0. The number of carbonyl (C=O) groups is 2. The highest BCUT2D eigenvalue weighted by Crippen LogP contribution is 2.13. The Kier molecular flexibility index (Phi) is 5.17. The van der Waals surface area contributed by atoms with Crippen LogP contribution < -0.4 is 10.6 Å². The lowest BCUT2D eigenvalue weighted by molar-refractivity contribution is -0.136. The largest absolute Gasteiger partial charge is 0.508 e. The average Bonchev–Trinajstić information content (AvgIpc) is 2.31. The first-order valence-corrected chi connectivity index (χ1v) is 5.87. The van der Waals surface area contributed by atoms with E-state index in [4.69, 9.17) is 5.11 Å². The van der Waals surface area contributed by atoms with E-state index >= 15 is 0 Å². The van der Waals surface area contributed by atoms with E-state index < -0.39 is 11.8 Å². The van der Waals surface area contributed by atoms with E-state index in [1.54, 1.807) is 0 Å². The molecule has 1 rings (SSSR count). The fourth-order valence-electron chi connectivity index (χ4n) is 1.29. The molecule has 0 unspecified atom stereocenters. The van der Waals surface area contributed by atoms with Crippen molar-refractivity contribution in [2.45, 2.75) is 20.3 Å². The predicted octanol–water partition coefficient (Wildman–Crippen LogP) is 1.49. The molecule has 0 saturated heterocycles. The molecular weight excluding hydrogens is 232 g/mol. The zero-order valence-corrected chi connectivity index (χ0v) is 10.6. The minimum absolute atomic E-state index is 0.106. The molecule has 0 saturated carbocycles. The Balaban J connectivity index is 2.40. The van der Waals surface area contributed by atoms with Crippen molar-refractivity contribution in [2.75, 3.05) is 11.9 Å². The van der Waals surface area contributed by atoms with Crippen molar-refractivity contribution in [3.63, 3.8) is 0 Å². The molecule has 98 valence electrons. The van der Waals surface area contributed by atoms with Gasteiger partial charge in [-0.3, -0.25) is 9.59 Å². The van der Waals surface area contributed by atoms with E-state index in [0.29, 0.717) is 18.2 Å². The summed E-state index contributed by atoms with van der Waals surface area (Å²) in [5.41, 5.74) is 0.469. The minimum atomic E-state index is -0.704. The summed E-state index contributed by atoms with van der Waals surface area (Å²) in [5.74, 6) is -0.770. The fraction of sp³-hybridized carbons (Fsp3) is 0.385. The maximum absolute atomic E-state index is 11.5. The van der Waals surface area contributed by atoms with E-state index in [0.717, 1.165) is 6.42 Å². The highest BCUT2D eigenvalue weighted by molar-refractivity contribution is 6.39. The van der Waals surface area contributed by atoms with Gasteiger partial charge in [0.15, 0.2) is 0 Å². The number of benzene rings is 1. The number of nitrogens with one attached hydrogen (secondary N) is 2. The summed E-state index contributed by atoms with van der Waals surface area (Å²) >= 11 is 0. The quantitative estimate of drug-likeness (QED) is 0.559. The Morgan fingerprint density at radius 1 is 1.17 bits per heavy atom. The standard InChI is InChI=1S/C13H18N2O3/c1-9(2)7-8-14-12(17)13(18)15-10-3-5-11(16)6-4-10/h3-6,9,16H,7-8H2,1-2H3,(H,14,17)(H,15,18). The lowest BCUT2D eigenvalue weighted by atomic mass is 10.1. The maximum atomic E-state index is 11.5. The normalized spacial score (nSPS) is 10.2. The van der Waals surface area contributed by atoms with Crippen LogP contribution in [0.2, 0.25) is 0 Å². The zero-order valence-electron chi connectivity index (χ0n) is 10.6. The summed E-state index contributed by atoms with van der Waals surface area (Å²) in [7, 11) is 0. The van der Waals surface area contributed by atoms with Crippen LogP contribution in [0, 0.1) is 5.92 Å². The molecule has 0 aromatic heterocycles. The smallest absolute Gasteiger partial charge is 0.313 e. The highest BCUT2D eigenvalue weighted by Gasteiger charge is 2.12. The van der Waals surface area contributed by atoms with Crippen LogP contribution in [0.15, 0.2) is 24.3 Å². The van der Waals surface area contributed by atoms with Crippen molar-refractivity contribution in [1.29, 1.82) is 0 Å². The van der Waals surface area contributed by atoms with Crippen molar-refractivity contribution in [3.8, 4) is 5.75 Å². The molecule has 0 bridgehead atoms. The van der Waals surface area contributed by atoms with Crippen LogP contribution in [-0.4, -0.2) is 23.5 Å². The van der Waals surface area contributed by atoms with Gasteiger partial charge in [0.25, 0.3) is 0 Å². The summed E-state index contributed by atoms with van der Waals surface area (Å²) in [5, 5.41) is 14.1. The molecule has 0 aliphatic rings. The third-order valence-electron chi connectivity index (χ3n) is 2.34. The van der Waals surface area contributed by atoms with Gasteiger partial charge in [0.2, 0.25) is 0 Å². The third-order valence-corrected chi connectivity index (χ3v) is 2.34. The Morgan fingerprint density at radius 3 is 2.33 bits per heavy atom. The second kappa shape index (κ2) is 6.64. The summed E-state index contributed by atoms with van der Waals surface area (Å²) in [6.07, 6.45) is 0.832. The molecule has 0 radical (unpaired) electrons. The molecule has 0 fully saturated rings.